The Morgan fingerprint density at radius 3 is 2.22 bits per heavy atom. The molecule has 3 aromatic rings. The maximum absolute atomic E-state index is 12.4. The Hall–Kier alpha value is -1.33. The Labute approximate surface area is 109 Å². The van der Waals surface area contributed by atoms with E-state index in [0.717, 1.165) is 22.6 Å². The molecule has 3 rings (SSSR count). The minimum atomic E-state index is -4.27. The van der Waals surface area contributed by atoms with E-state index >= 15 is 0 Å². The zero-order chi connectivity index (χ0) is 12.8. The predicted molar refractivity (Wildman–Crippen MR) is 70.1 cm³/mol. The molecule has 0 unspecified atom stereocenters. The molecule has 0 radical (unpaired) electrons. The molecule has 1 aromatic carbocycles. The fraction of sp³-hybridized carbons (Fsp3) is 0.0769. The van der Waals surface area contributed by atoms with E-state index in [-0.39, 0.29) is 0 Å². The standard InChI is InChI=1S/C13H7F3S2/c14-13(15,16)9-3-1-8(2-4-9)11-7-12-10(18-11)5-6-17-12/h1-7H. The average molecular weight is 284 g/mol. The van der Waals surface area contributed by atoms with Crippen LogP contribution in [0.3, 0.4) is 0 Å². The summed E-state index contributed by atoms with van der Waals surface area (Å²) in [5.74, 6) is 0. The second kappa shape index (κ2) is 4.10. The first-order valence-corrected chi connectivity index (χ1v) is 6.88. The summed E-state index contributed by atoms with van der Waals surface area (Å²) in [7, 11) is 0. The van der Waals surface area contributed by atoms with E-state index in [4.69, 9.17) is 0 Å². The van der Waals surface area contributed by atoms with Crippen LogP contribution in [0.2, 0.25) is 0 Å². The van der Waals surface area contributed by atoms with Crippen LogP contribution in [0, 0.1) is 0 Å². The second-order valence-electron chi connectivity index (χ2n) is 3.83. The molecule has 92 valence electrons. The van der Waals surface area contributed by atoms with Gasteiger partial charge in [-0.1, -0.05) is 12.1 Å². The fourth-order valence-electron chi connectivity index (χ4n) is 1.73. The van der Waals surface area contributed by atoms with E-state index in [1.165, 1.54) is 21.5 Å². The summed E-state index contributed by atoms with van der Waals surface area (Å²) in [6.45, 7) is 0. The zero-order valence-electron chi connectivity index (χ0n) is 8.99. The monoisotopic (exact) mass is 284 g/mol. The van der Waals surface area contributed by atoms with Gasteiger partial charge in [0.25, 0.3) is 0 Å². The van der Waals surface area contributed by atoms with Gasteiger partial charge in [0.1, 0.15) is 0 Å². The van der Waals surface area contributed by atoms with Crippen LogP contribution in [0.4, 0.5) is 13.2 Å². The molecule has 0 aliphatic heterocycles. The summed E-state index contributed by atoms with van der Waals surface area (Å²) in [4.78, 5) is 1.01. The number of alkyl halides is 3. The lowest BCUT2D eigenvalue weighted by Gasteiger charge is -2.06. The Kier molecular flexibility index (Phi) is 2.68. The molecule has 0 bridgehead atoms. The maximum atomic E-state index is 12.4. The minimum Gasteiger partial charge on any atom is -0.166 e. The molecule has 0 saturated carbocycles. The van der Waals surface area contributed by atoms with Crippen LogP contribution in [-0.4, -0.2) is 0 Å². The first kappa shape index (κ1) is 11.7. The highest BCUT2D eigenvalue weighted by Crippen LogP contribution is 2.37. The van der Waals surface area contributed by atoms with Gasteiger partial charge in [0.05, 0.1) is 5.56 Å². The summed E-state index contributed by atoms with van der Waals surface area (Å²) >= 11 is 3.24. The lowest BCUT2D eigenvalue weighted by atomic mass is 10.1. The van der Waals surface area contributed by atoms with Crippen molar-refractivity contribution in [3.8, 4) is 10.4 Å². The number of benzene rings is 1. The third-order valence-electron chi connectivity index (χ3n) is 2.64. The second-order valence-corrected chi connectivity index (χ2v) is 5.87. The van der Waals surface area contributed by atoms with E-state index in [2.05, 4.69) is 0 Å². The van der Waals surface area contributed by atoms with Gasteiger partial charge in [0.15, 0.2) is 0 Å². The molecule has 0 nitrogen and oxygen atoms in total. The largest absolute Gasteiger partial charge is 0.416 e. The van der Waals surface area contributed by atoms with Gasteiger partial charge in [-0.2, -0.15) is 13.2 Å². The van der Waals surface area contributed by atoms with Crippen LogP contribution >= 0.6 is 22.7 Å². The quantitative estimate of drug-likeness (QED) is 0.541. The number of halogens is 3. The van der Waals surface area contributed by atoms with Crippen LogP contribution in [0.1, 0.15) is 5.56 Å². The van der Waals surface area contributed by atoms with Gasteiger partial charge < -0.3 is 0 Å². The molecule has 2 heterocycles. The van der Waals surface area contributed by atoms with Crippen molar-refractivity contribution in [3.05, 3.63) is 47.3 Å². The molecular formula is C13H7F3S2. The highest BCUT2D eigenvalue weighted by atomic mass is 32.1. The maximum Gasteiger partial charge on any atom is 0.416 e. The molecule has 2 aromatic heterocycles. The van der Waals surface area contributed by atoms with Crippen LogP contribution in [0.5, 0.6) is 0 Å². The summed E-state index contributed by atoms with van der Waals surface area (Å²) in [6.07, 6.45) is -4.27. The number of hydrogen-bond acceptors (Lipinski definition) is 2. The number of rotatable bonds is 1. The van der Waals surface area contributed by atoms with E-state index < -0.39 is 11.7 Å². The van der Waals surface area contributed by atoms with Crippen molar-refractivity contribution in [2.45, 2.75) is 6.18 Å². The van der Waals surface area contributed by atoms with Gasteiger partial charge in [0.2, 0.25) is 0 Å². The Bertz CT molecular complexity index is 646. The lowest BCUT2D eigenvalue weighted by Crippen LogP contribution is -2.03. The van der Waals surface area contributed by atoms with Gasteiger partial charge in [0, 0.05) is 14.3 Å². The molecule has 5 heteroatoms. The molecule has 0 aliphatic carbocycles. The number of fused-ring (bicyclic) bond motifs is 1. The molecule has 0 aliphatic rings. The Morgan fingerprint density at radius 1 is 0.889 bits per heavy atom. The van der Waals surface area contributed by atoms with Gasteiger partial charge in [-0.25, -0.2) is 0 Å². The van der Waals surface area contributed by atoms with Crippen LogP contribution in [0.15, 0.2) is 41.8 Å². The molecule has 0 atom stereocenters. The fourth-order valence-corrected chi connectivity index (χ4v) is 3.85. The molecule has 0 saturated heterocycles. The van der Waals surface area contributed by atoms with Crippen LogP contribution in [-0.2, 0) is 6.18 Å². The highest BCUT2D eigenvalue weighted by molar-refractivity contribution is 7.28. The summed E-state index contributed by atoms with van der Waals surface area (Å²) < 4.78 is 39.7. The van der Waals surface area contributed by atoms with Gasteiger partial charge in [-0.15, -0.1) is 22.7 Å². The predicted octanol–water partition coefficient (Wildman–Crippen LogP) is 5.65. The normalized spacial score (nSPS) is 12.2. The summed E-state index contributed by atoms with van der Waals surface area (Å²) in [5, 5.41) is 2.01. The third-order valence-corrected chi connectivity index (χ3v) is 4.78. The first-order chi connectivity index (χ1) is 8.54. The Morgan fingerprint density at radius 2 is 1.61 bits per heavy atom. The van der Waals surface area contributed by atoms with Crippen molar-refractivity contribution in [2.24, 2.45) is 0 Å². The topological polar surface area (TPSA) is 0 Å². The van der Waals surface area contributed by atoms with Crippen molar-refractivity contribution < 1.29 is 13.2 Å². The third kappa shape index (κ3) is 2.04. The molecule has 0 amide bonds. The van der Waals surface area contributed by atoms with E-state index in [1.54, 1.807) is 22.7 Å². The van der Waals surface area contributed by atoms with E-state index in [1.807, 2.05) is 17.5 Å². The summed E-state index contributed by atoms with van der Waals surface area (Å²) in [5.41, 5.74) is 0.223. The summed E-state index contributed by atoms with van der Waals surface area (Å²) in [6, 6.07) is 9.36. The SMILES string of the molecule is FC(F)(F)c1ccc(-c2cc3sccc3s2)cc1. The van der Waals surface area contributed by atoms with Gasteiger partial charge in [-0.3, -0.25) is 0 Å². The zero-order valence-corrected chi connectivity index (χ0v) is 10.6. The average Bonchev–Trinajstić information content (AvgIpc) is 2.88. The van der Waals surface area contributed by atoms with Gasteiger partial charge >= 0.3 is 6.18 Å². The molecular weight excluding hydrogens is 277 g/mol. The number of thiophene rings is 2. The minimum absolute atomic E-state index is 0.607. The lowest BCUT2D eigenvalue weighted by molar-refractivity contribution is -0.137. The Balaban J connectivity index is 2.00. The molecule has 0 N–H and O–H groups in total. The molecule has 18 heavy (non-hydrogen) atoms. The molecule has 0 spiro atoms. The highest BCUT2D eigenvalue weighted by Gasteiger charge is 2.29. The van der Waals surface area contributed by atoms with Crippen molar-refractivity contribution in [1.82, 2.24) is 0 Å². The van der Waals surface area contributed by atoms with Gasteiger partial charge in [-0.05, 0) is 35.2 Å². The van der Waals surface area contributed by atoms with Crippen LogP contribution in [0.25, 0.3) is 19.8 Å². The first-order valence-electron chi connectivity index (χ1n) is 5.19. The smallest absolute Gasteiger partial charge is 0.166 e. The number of hydrogen-bond donors (Lipinski definition) is 0. The van der Waals surface area contributed by atoms with E-state index in [9.17, 15) is 13.2 Å². The van der Waals surface area contributed by atoms with E-state index in [0.29, 0.717) is 0 Å². The van der Waals surface area contributed by atoms with Crippen molar-refractivity contribution >= 4 is 32.1 Å². The van der Waals surface area contributed by atoms with Crippen molar-refractivity contribution in [3.63, 3.8) is 0 Å². The molecule has 0 fully saturated rings. The van der Waals surface area contributed by atoms with Crippen LogP contribution < -0.4 is 0 Å². The van der Waals surface area contributed by atoms with Crippen molar-refractivity contribution in [2.75, 3.05) is 0 Å². The van der Waals surface area contributed by atoms with Crippen molar-refractivity contribution in [1.29, 1.82) is 0 Å².